The predicted molar refractivity (Wildman–Crippen MR) is 127 cm³/mol. The molecule has 0 aromatic carbocycles. The van der Waals surface area contributed by atoms with Gasteiger partial charge in [-0.1, -0.05) is 96.1 Å². The molecule has 0 aromatic heterocycles. The van der Waals surface area contributed by atoms with Crippen LogP contribution >= 0.6 is 0 Å². The van der Waals surface area contributed by atoms with Gasteiger partial charge in [0.25, 0.3) is 10.1 Å². The SMILES string of the molecule is CCCCCCCCC=CCCCCCCCCCCCC(=O)NCCS(=O)(=O)O. The molecule has 6 heteroatoms. The number of unbranched alkanes of at least 4 members (excludes halogenated alkanes) is 15. The molecule has 178 valence electrons. The second kappa shape index (κ2) is 21.4. The van der Waals surface area contributed by atoms with Gasteiger partial charge in [0, 0.05) is 13.0 Å². The number of hydrogen-bond acceptors (Lipinski definition) is 3. The Morgan fingerprint density at radius 1 is 0.733 bits per heavy atom. The lowest BCUT2D eigenvalue weighted by Gasteiger charge is -2.04. The van der Waals surface area contributed by atoms with E-state index in [9.17, 15) is 13.2 Å². The first kappa shape index (κ1) is 29.1. The molecule has 0 aromatic rings. The highest BCUT2D eigenvalue weighted by atomic mass is 32.2. The first-order valence-electron chi connectivity index (χ1n) is 12.3. The maximum atomic E-state index is 11.5. The number of carbonyl (C=O) groups excluding carboxylic acids is 1. The third kappa shape index (κ3) is 25.2. The van der Waals surface area contributed by atoms with E-state index in [0.717, 1.165) is 19.3 Å². The number of allylic oxidation sites excluding steroid dienone is 2. The highest BCUT2D eigenvalue weighted by molar-refractivity contribution is 7.85. The van der Waals surface area contributed by atoms with Crippen molar-refractivity contribution < 1.29 is 17.8 Å². The summed E-state index contributed by atoms with van der Waals surface area (Å²) in [4.78, 5) is 11.5. The van der Waals surface area contributed by atoms with E-state index in [1.54, 1.807) is 0 Å². The van der Waals surface area contributed by atoms with Crippen LogP contribution in [0.1, 0.15) is 122 Å². The molecule has 5 nitrogen and oxygen atoms in total. The van der Waals surface area contributed by atoms with Crippen molar-refractivity contribution in [3.8, 4) is 0 Å². The summed E-state index contributed by atoms with van der Waals surface area (Å²) in [7, 11) is -3.99. The van der Waals surface area contributed by atoms with Gasteiger partial charge in [-0.15, -0.1) is 0 Å². The summed E-state index contributed by atoms with van der Waals surface area (Å²) in [6.45, 7) is 2.24. The Kier molecular flexibility index (Phi) is 20.7. The zero-order valence-corrected chi connectivity index (χ0v) is 20.2. The molecule has 0 atom stereocenters. The summed E-state index contributed by atoms with van der Waals surface area (Å²) in [5, 5.41) is 2.52. The average molecular weight is 446 g/mol. The van der Waals surface area contributed by atoms with Crippen LogP contribution in [0.3, 0.4) is 0 Å². The molecule has 0 heterocycles. The minimum atomic E-state index is -3.99. The highest BCUT2D eigenvalue weighted by Crippen LogP contribution is 2.12. The van der Waals surface area contributed by atoms with Crippen LogP contribution < -0.4 is 5.32 Å². The van der Waals surface area contributed by atoms with Gasteiger partial charge in [0.2, 0.25) is 5.91 Å². The average Bonchev–Trinajstić information content (AvgIpc) is 2.68. The fourth-order valence-corrected chi connectivity index (χ4v) is 3.83. The van der Waals surface area contributed by atoms with Crippen molar-refractivity contribution in [2.24, 2.45) is 0 Å². The van der Waals surface area contributed by atoms with E-state index in [2.05, 4.69) is 24.4 Å². The molecule has 2 N–H and O–H groups in total. The van der Waals surface area contributed by atoms with E-state index in [1.165, 1.54) is 89.9 Å². The monoisotopic (exact) mass is 445 g/mol. The van der Waals surface area contributed by atoms with Crippen molar-refractivity contribution in [3.63, 3.8) is 0 Å². The number of amides is 1. The Hall–Kier alpha value is -0.880. The van der Waals surface area contributed by atoms with Gasteiger partial charge >= 0.3 is 0 Å². The number of nitrogens with one attached hydrogen (secondary N) is 1. The molecule has 1 amide bonds. The molecule has 0 saturated carbocycles. The smallest absolute Gasteiger partial charge is 0.266 e. The van der Waals surface area contributed by atoms with E-state index < -0.39 is 15.9 Å². The molecule has 0 aliphatic rings. The number of hydrogen-bond donors (Lipinski definition) is 2. The van der Waals surface area contributed by atoms with Crippen molar-refractivity contribution in [2.75, 3.05) is 12.3 Å². The molecule has 0 rings (SSSR count). The fourth-order valence-electron chi connectivity index (χ4n) is 3.47. The summed E-state index contributed by atoms with van der Waals surface area (Å²) in [5.41, 5.74) is 0. The van der Waals surface area contributed by atoms with E-state index >= 15 is 0 Å². The van der Waals surface area contributed by atoms with Crippen molar-refractivity contribution >= 4 is 16.0 Å². The van der Waals surface area contributed by atoms with Crippen LogP contribution in [0, 0.1) is 0 Å². The Bertz CT molecular complexity index is 517. The Morgan fingerprint density at radius 2 is 1.17 bits per heavy atom. The van der Waals surface area contributed by atoms with Crippen LogP contribution in [0.25, 0.3) is 0 Å². The molecular formula is C24H47NO4S. The first-order valence-corrected chi connectivity index (χ1v) is 13.9. The second-order valence-corrected chi connectivity index (χ2v) is 9.96. The van der Waals surface area contributed by atoms with Crippen LogP contribution in [0.5, 0.6) is 0 Å². The minimum absolute atomic E-state index is 0.0212. The van der Waals surface area contributed by atoms with Gasteiger partial charge in [0.15, 0.2) is 0 Å². The first-order chi connectivity index (χ1) is 14.5. The van der Waals surface area contributed by atoms with Gasteiger partial charge in [0.1, 0.15) is 0 Å². The summed E-state index contributed by atoms with van der Waals surface area (Å²) >= 11 is 0. The maximum Gasteiger partial charge on any atom is 0.266 e. The van der Waals surface area contributed by atoms with Gasteiger partial charge in [-0.05, 0) is 32.1 Å². The third-order valence-corrected chi connectivity index (χ3v) is 6.07. The number of carbonyl (C=O) groups is 1. The van der Waals surface area contributed by atoms with Crippen LogP contribution in [-0.4, -0.2) is 31.2 Å². The molecule has 0 aliphatic carbocycles. The van der Waals surface area contributed by atoms with Crippen molar-refractivity contribution in [3.05, 3.63) is 12.2 Å². The molecule has 0 saturated heterocycles. The summed E-state index contributed by atoms with van der Waals surface area (Å²) < 4.78 is 29.7. The zero-order chi connectivity index (χ0) is 22.3. The van der Waals surface area contributed by atoms with E-state index in [0.29, 0.717) is 6.42 Å². The quantitative estimate of drug-likeness (QED) is 0.112. The van der Waals surface area contributed by atoms with Gasteiger partial charge in [-0.3, -0.25) is 9.35 Å². The van der Waals surface area contributed by atoms with Crippen LogP contribution in [0.15, 0.2) is 12.2 Å². The Morgan fingerprint density at radius 3 is 1.63 bits per heavy atom. The summed E-state index contributed by atoms with van der Waals surface area (Å²) in [6, 6.07) is 0. The largest absolute Gasteiger partial charge is 0.355 e. The molecule has 0 radical (unpaired) electrons. The van der Waals surface area contributed by atoms with Gasteiger partial charge in [0.05, 0.1) is 5.75 Å². The molecular weight excluding hydrogens is 398 g/mol. The summed E-state index contributed by atoms with van der Waals surface area (Å²) in [5.74, 6) is -0.562. The Labute approximate surface area is 186 Å². The van der Waals surface area contributed by atoms with E-state index in [1.807, 2.05) is 0 Å². The third-order valence-electron chi connectivity index (χ3n) is 5.35. The Balaban J connectivity index is 3.22. The van der Waals surface area contributed by atoms with Crippen LogP contribution in [0.4, 0.5) is 0 Å². The molecule has 0 aliphatic heterocycles. The topological polar surface area (TPSA) is 83.5 Å². The normalized spacial score (nSPS) is 11.9. The van der Waals surface area contributed by atoms with E-state index in [4.69, 9.17) is 4.55 Å². The van der Waals surface area contributed by atoms with Gasteiger partial charge in [-0.25, -0.2) is 0 Å². The fraction of sp³-hybridized carbons (Fsp3) is 0.875. The van der Waals surface area contributed by atoms with Crippen LogP contribution in [0.2, 0.25) is 0 Å². The standard InChI is InChI=1S/C24H47NO4S/c1-2-3-4-5-6-7-8-9-10-11-12-13-14-15-16-17-18-19-20-21-24(26)25-22-23-30(27,28)29/h9-10H,2-8,11-23H2,1H3,(H,25,26)(H,27,28,29). The zero-order valence-electron chi connectivity index (χ0n) is 19.4. The molecule has 30 heavy (non-hydrogen) atoms. The molecule has 0 spiro atoms. The minimum Gasteiger partial charge on any atom is -0.355 e. The lowest BCUT2D eigenvalue weighted by atomic mass is 10.1. The van der Waals surface area contributed by atoms with Crippen molar-refractivity contribution in [1.29, 1.82) is 0 Å². The molecule has 0 fully saturated rings. The van der Waals surface area contributed by atoms with Crippen LogP contribution in [-0.2, 0) is 14.9 Å². The molecule has 0 bridgehead atoms. The predicted octanol–water partition coefficient (Wildman–Crippen LogP) is 6.59. The van der Waals surface area contributed by atoms with Crippen molar-refractivity contribution in [2.45, 2.75) is 122 Å². The van der Waals surface area contributed by atoms with Crippen molar-refractivity contribution in [1.82, 2.24) is 5.32 Å². The van der Waals surface area contributed by atoms with Gasteiger partial charge < -0.3 is 5.32 Å². The maximum absolute atomic E-state index is 11.5. The lowest BCUT2D eigenvalue weighted by Crippen LogP contribution is -2.28. The molecule has 0 unspecified atom stereocenters. The lowest BCUT2D eigenvalue weighted by molar-refractivity contribution is -0.121. The second-order valence-electron chi connectivity index (χ2n) is 8.38. The number of rotatable bonds is 22. The van der Waals surface area contributed by atoms with Gasteiger partial charge in [-0.2, -0.15) is 8.42 Å². The van der Waals surface area contributed by atoms with E-state index in [-0.39, 0.29) is 12.5 Å². The summed E-state index contributed by atoms with van der Waals surface area (Å²) in [6.07, 6.45) is 26.7. The highest BCUT2D eigenvalue weighted by Gasteiger charge is 2.06.